The van der Waals surface area contributed by atoms with E-state index in [1.807, 2.05) is 36.4 Å². The smallest absolute Gasteiger partial charge is 0.159 e. The van der Waals surface area contributed by atoms with Gasteiger partial charge in [0, 0.05) is 43.4 Å². The van der Waals surface area contributed by atoms with Gasteiger partial charge in [0.15, 0.2) is 5.58 Å². The number of aromatic nitrogens is 1. The molecule has 0 bridgehead atoms. The number of fused-ring (bicyclic) bond motifs is 10. The highest BCUT2D eigenvalue weighted by molar-refractivity contribution is 6.20. The van der Waals surface area contributed by atoms with Gasteiger partial charge in [-0.3, -0.25) is 0 Å². The van der Waals surface area contributed by atoms with Crippen molar-refractivity contribution in [1.82, 2.24) is 4.98 Å². The maximum Gasteiger partial charge on any atom is 0.159 e. The van der Waals surface area contributed by atoms with Crippen LogP contribution in [-0.2, 0) is 0 Å². The molecule has 11 rings (SSSR count). The van der Waals surface area contributed by atoms with Crippen LogP contribution in [0.5, 0.6) is 0 Å². The van der Waals surface area contributed by atoms with Gasteiger partial charge in [-0.25, -0.2) is 0 Å². The fraction of sp³-hybridized carbons (Fsp3) is 0. The van der Waals surface area contributed by atoms with E-state index < -0.39 is 0 Å². The number of para-hydroxylation sites is 4. The second-order valence-corrected chi connectivity index (χ2v) is 12.9. The normalized spacial score (nSPS) is 11.5. The summed E-state index contributed by atoms with van der Waals surface area (Å²) in [6, 6.07) is 63.5. The SMILES string of the molecule is c1ccc(-c2cccc(-c3cccc(-c4cccc5c4oc4ccccc45)c3)c2)cc1.c1ccc2c(c1)[nH]c1c2ccc2c3ccccc3oc21. The van der Waals surface area contributed by atoms with E-state index in [0.29, 0.717) is 0 Å². The highest BCUT2D eigenvalue weighted by atomic mass is 16.3. The third-order valence-electron chi connectivity index (χ3n) is 9.90. The first-order valence-electron chi connectivity index (χ1n) is 17.3. The number of furan rings is 2. The van der Waals surface area contributed by atoms with E-state index in [2.05, 4.69) is 151 Å². The zero-order chi connectivity index (χ0) is 33.7. The summed E-state index contributed by atoms with van der Waals surface area (Å²) in [5.41, 5.74) is 13.1. The molecule has 51 heavy (non-hydrogen) atoms. The molecule has 0 atom stereocenters. The fourth-order valence-corrected chi connectivity index (χ4v) is 7.45. The van der Waals surface area contributed by atoms with Crippen LogP contribution in [0.2, 0.25) is 0 Å². The Morgan fingerprint density at radius 3 is 1.55 bits per heavy atom. The van der Waals surface area contributed by atoms with Crippen LogP contribution in [0.3, 0.4) is 0 Å². The highest BCUT2D eigenvalue weighted by Crippen LogP contribution is 2.38. The number of rotatable bonds is 3. The van der Waals surface area contributed by atoms with Crippen molar-refractivity contribution in [1.29, 1.82) is 0 Å². The minimum absolute atomic E-state index is 0.927. The molecule has 3 nitrogen and oxygen atoms in total. The average molecular weight is 654 g/mol. The van der Waals surface area contributed by atoms with Crippen LogP contribution < -0.4 is 0 Å². The molecular formula is C48H31NO2. The molecular weight excluding hydrogens is 623 g/mol. The minimum atomic E-state index is 0.927. The van der Waals surface area contributed by atoms with Crippen LogP contribution >= 0.6 is 0 Å². The van der Waals surface area contributed by atoms with Crippen LogP contribution in [0, 0.1) is 0 Å². The van der Waals surface area contributed by atoms with E-state index in [1.165, 1.54) is 43.8 Å². The standard InChI is InChI=1S/C30H20O.C18H11NO/c1-2-9-21(10-3-1)22-11-6-12-23(19-22)24-13-7-14-25(20-24)26-16-8-17-28-27-15-4-5-18-29(27)31-30(26)28;1-3-7-15-11(5-1)13-9-10-14-12-6-2-4-8-16(12)20-18(14)17(13)19-15/h1-20H;1-10,19H. The molecule has 11 aromatic rings. The van der Waals surface area contributed by atoms with Crippen LogP contribution in [-0.4, -0.2) is 4.98 Å². The van der Waals surface area contributed by atoms with Gasteiger partial charge < -0.3 is 13.8 Å². The number of aromatic amines is 1. The van der Waals surface area contributed by atoms with E-state index in [4.69, 9.17) is 8.83 Å². The zero-order valence-electron chi connectivity index (χ0n) is 27.6. The molecule has 8 aromatic carbocycles. The number of hydrogen-bond acceptors (Lipinski definition) is 2. The van der Waals surface area contributed by atoms with Crippen molar-refractivity contribution in [2.75, 3.05) is 0 Å². The largest absolute Gasteiger partial charge is 0.455 e. The van der Waals surface area contributed by atoms with E-state index in [9.17, 15) is 0 Å². The molecule has 0 saturated heterocycles. The third kappa shape index (κ3) is 4.98. The van der Waals surface area contributed by atoms with Gasteiger partial charge in [0.25, 0.3) is 0 Å². The van der Waals surface area contributed by atoms with E-state index in [0.717, 1.165) is 55.3 Å². The van der Waals surface area contributed by atoms with Crippen molar-refractivity contribution < 1.29 is 8.83 Å². The Bertz CT molecular complexity index is 2940. The van der Waals surface area contributed by atoms with Gasteiger partial charge in [0.1, 0.15) is 16.7 Å². The Morgan fingerprint density at radius 1 is 0.314 bits per heavy atom. The summed E-state index contributed by atoms with van der Waals surface area (Å²) in [5, 5.41) is 7.11. The zero-order valence-corrected chi connectivity index (χ0v) is 27.6. The van der Waals surface area contributed by atoms with Crippen molar-refractivity contribution in [3.63, 3.8) is 0 Å². The average Bonchev–Trinajstić information content (AvgIpc) is 3.90. The van der Waals surface area contributed by atoms with Gasteiger partial charge in [-0.15, -0.1) is 0 Å². The molecule has 0 radical (unpaired) electrons. The summed E-state index contributed by atoms with van der Waals surface area (Å²) in [6.07, 6.45) is 0. The number of H-pyrrole nitrogens is 1. The second kappa shape index (κ2) is 11.9. The maximum atomic E-state index is 6.26. The Kier molecular flexibility index (Phi) is 6.81. The molecule has 0 unspecified atom stereocenters. The first-order chi connectivity index (χ1) is 25.3. The predicted octanol–water partition coefficient (Wildman–Crippen LogP) is 13.8. The Balaban J connectivity index is 0.000000140. The Labute approximate surface area is 294 Å². The molecule has 0 aliphatic rings. The summed E-state index contributed by atoms with van der Waals surface area (Å²) in [4.78, 5) is 3.49. The van der Waals surface area contributed by atoms with Crippen molar-refractivity contribution in [2.24, 2.45) is 0 Å². The highest BCUT2D eigenvalue weighted by Gasteiger charge is 2.14. The summed E-state index contributed by atoms with van der Waals surface area (Å²) < 4.78 is 12.3. The van der Waals surface area contributed by atoms with Crippen LogP contribution in [0.4, 0.5) is 0 Å². The lowest BCUT2D eigenvalue weighted by molar-refractivity contribution is 0.670. The molecule has 240 valence electrons. The summed E-state index contributed by atoms with van der Waals surface area (Å²) in [7, 11) is 0. The van der Waals surface area contributed by atoms with E-state index in [1.54, 1.807) is 0 Å². The first kappa shape index (κ1) is 29.1. The Hall–Kier alpha value is -6.84. The lowest BCUT2D eigenvalue weighted by Gasteiger charge is -2.09. The van der Waals surface area contributed by atoms with Crippen LogP contribution in [0.25, 0.3) is 99.1 Å². The van der Waals surface area contributed by atoms with Gasteiger partial charge in [0.05, 0.1) is 5.52 Å². The quantitative estimate of drug-likeness (QED) is 0.206. The van der Waals surface area contributed by atoms with Crippen molar-refractivity contribution in [3.05, 3.63) is 182 Å². The molecule has 0 spiro atoms. The number of benzene rings is 8. The van der Waals surface area contributed by atoms with Crippen LogP contribution in [0.1, 0.15) is 0 Å². The monoisotopic (exact) mass is 653 g/mol. The van der Waals surface area contributed by atoms with Gasteiger partial charge in [0.2, 0.25) is 0 Å². The van der Waals surface area contributed by atoms with Crippen molar-refractivity contribution >= 4 is 65.7 Å². The van der Waals surface area contributed by atoms with Gasteiger partial charge in [-0.05, 0) is 64.2 Å². The summed E-state index contributed by atoms with van der Waals surface area (Å²) in [5.74, 6) is 0. The molecule has 0 aliphatic carbocycles. The predicted molar refractivity (Wildman–Crippen MR) is 213 cm³/mol. The molecule has 1 N–H and O–H groups in total. The van der Waals surface area contributed by atoms with Crippen molar-refractivity contribution in [3.8, 4) is 33.4 Å². The number of hydrogen-bond donors (Lipinski definition) is 1. The summed E-state index contributed by atoms with van der Waals surface area (Å²) >= 11 is 0. The Morgan fingerprint density at radius 2 is 0.804 bits per heavy atom. The van der Waals surface area contributed by atoms with Gasteiger partial charge in [-0.1, -0.05) is 146 Å². The molecule has 3 heteroatoms. The van der Waals surface area contributed by atoms with Crippen molar-refractivity contribution in [2.45, 2.75) is 0 Å². The second-order valence-electron chi connectivity index (χ2n) is 12.9. The van der Waals surface area contributed by atoms with Gasteiger partial charge >= 0.3 is 0 Å². The molecule has 0 fully saturated rings. The maximum absolute atomic E-state index is 6.26. The molecule has 0 aliphatic heterocycles. The van der Waals surface area contributed by atoms with Gasteiger partial charge in [-0.2, -0.15) is 0 Å². The van der Waals surface area contributed by atoms with Crippen LogP contribution in [0.15, 0.2) is 191 Å². The first-order valence-corrected chi connectivity index (χ1v) is 17.3. The molecule has 3 aromatic heterocycles. The minimum Gasteiger partial charge on any atom is -0.455 e. The third-order valence-corrected chi connectivity index (χ3v) is 9.90. The summed E-state index contributed by atoms with van der Waals surface area (Å²) in [6.45, 7) is 0. The number of nitrogens with one attached hydrogen (secondary N) is 1. The lowest BCUT2D eigenvalue weighted by atomic mass is 9.95. The molecule has 3 heterocycles. The van der Waals surface area contributed by atoms with E-state index in [-0.39, 0.29) is 0 Å². The molecule has 0 saturated carbocycles. The fourth-order valence-electron chi connectivity index (χ4n) is 7.45. The molecule has 0 amide bonds. The topological polar surface area (TPSA) is 42.1 Å². The van der Waals surface area contributed by atoms with E-state index >= 15 is 0 Å². The lowest BCUT2D eigenvalue weighted by Crippen LogP contribution is -1.84.